The number of nitrogens with zero attached hydrogens (tertiary/aromatic N) is 1. The molecule has 0 aliphatic heterocycles. The second kappa shape index (κ2) is 5.68. The SMILES string of the molecule is NCc1cccc(CSc2ccccn2)c1. The van der Waals surface area contributed by atoms with Gasteiger partial charge in [-0.2, -0.15) is 0 Å². The van der Waals surface area contributed by atoms with Crippen LogP contribution >= 0.6 is 11.8 Å². The third kappa shape index (κ3) is 3.08. The molecule has 2 aromatic rings. The molecule has 0 amide bonds. The summed E-state index contributed by atoms with van der Waals surface area (Å²) in [6.07, 6.45) is 1.82. The summed E-state index contributed by atoms with van der Waals surface area (Å²) in [5.74, 6) is 0.935. The largest absolute Gasteiger partial charge is 0.326 e. The van der Waals surface area contributed by atoms with Gasteiger partial charge in [0, 0.05) is 18.5 Å². The topological polar surface area (TPSA) is 38.9 Å². The quantitative estimate of drug-likeness (QED) is 0.821. The molecule has 16 heavy (non-hydrogen) atoms. The molecule has 1 aromatic carbocycles. The van der Waals surface area contributed by atoms with Crippen molar-refractivity contribution >= 4 is 11.8 Å². The first-order valence-electron chi connectivity index (χ1n) is 5.20. The summed E-state index contributed by atoms with van der Waals surface area (Å²) in [5, 5.41) is 1.06. The summed E-state index contributed by atoms with van der Waals surface area (Å²) in [7, 11) is 0. The summed E-state index contributed by atoms with van der Waals surface area (Å²) >= 11 is 1.74. The van der Waals surface area contributed by atoms with Crippen molar-refractivity contribution in [1.29, 1.82) is 0 Å². The molecule has 2 nitrogen and oxygen atoms in total. The normalized spacial score (nSPS) is 10.3. The van der Waals surface area contributed by atoms with Gasteiger partial charge in [0.1, 0.15) is 0 Å². The summed E-state index contributed by atoms with van der Waals surface area (Å²) in [6, 6.07) is 14.3. The zero-order valence-electron chi connectivity index (χ0n) is 8.97. The van der Waals surface area contributed by atoms with Crippen LogP contribution in [0.2, 0.25) is 0 Å². The Labute approximate surface area is 99.9 Å². The van der Waals surface area contributed by atoms with E-state index < -0.39 is 0 Å². The van der Waals surface area contributed by atoms with Crippen LogP contribution in [0.15, 0.2) is 53.7 Å². The predicted octanol–water partition coefficient (Wildman–Crippen LogP) is 2.83. The first-order valence-corrected chi connectivity index (χ1v) is 6.19. The van der Waals surface area contributed by atoms with Crippen LogP contribution in [-0.4, -0.2) is 4.98 Å². The van der Waals surface area contributed by atoms with Crippen molar-refractivity contribution in [2.45, 2.75) is 17.3 Å². The van der Waals surface area contributed by atoms with E-state index in [9.17, 15) is 0 Å². The number of hydrogen-bond acceptors (Lipinski definition) is 3. The molecule has 82 valence electrons. The first-order chi connectivity index (χ1) is 7.88. The van der Waals surface area contributed by atoms with Gasteiger partial charge in [0.05, 0.1) is 5.03 Å². The van der Waals surface area contributed by atoms with Crippen molar-refractivity contribution in [2.24, 2.45) is 5.73 Å². The minimum atomic E-state index is 0.599. The lowest BCUT2D eigenvalue weighted by molar-refractivity contribution is 1.06. The zero-order valence-corrected chi connectivity index (χ0v) is 9.78. The molecule has 2 rings (SSSR count). The molecule has 0 spiro atoms. The van der Waals surface area contributed by atoms with Gasteiger partial charge in [-0.3, -0.25) is 0 Å². The number of thioether (sulfide) groups is 1. The molecular formula is C13H14N2S. The van der Waals surface area contributed by atoms with E-state index in [0.29, 0.717) is 6.54 Å². The van der Waals surface area contributed by atoms with Crippen LogP contribution in [0.4, 0.5) is 0 Å². The molecule has 0 saturated carbocycles. The number of benzene rings is 1. The molecule has 0 radical (unpaired) electrons. The maximum Gasteiger partial charge on any atom is 0.0963 e. The molecule has 1 aromatic heterocycles. The number of nitrogens with two attached hydrogens (primary N) is 1. The average Bonchev–Trinajstić information content (AvgIpc) is 2.38. The Kier molecular flexibility index (Phi) is 3.97. The fraction of sp³-hybridized carbons (Fsp3) is 0.154. The van der Waals surface area contributed by atoms with Crippen LogP contribution < -0.4 is 5.73 Å². The monoisotopic (exact) mass is 230 g/mol. The van der Waals surface area contributed by atoms with Gasteiger partial charge in [0.2, 0.25) is 0 Å². The Balaban J connectivity index is 1.99. The van der Waals surface area contributed by atoms with Gasteiger partial charge >= 0.3 is 0 Å². The van der Waals surface area contributed by atoms with Crippen LogP contribution in [0.1, 0.15) is 11.1 Å². The van der Waals surface area contributed by atoms with E-state index in [0.717, 1.165) is 10.8 Å². The van der Waals surface area contributed by atoms with Gasteiger partial charge in [0.15, 0.2) is 0 Å². The molecule has 0 unspecified atom stereocenters. The van der Waals surface area contributed by atoms with E-state index in [1.54, 1.807) is 11.8 Å². The van der Waals surface area contributed by atoms with Gasteiger partial charge in [-0.25, -0.2) is 4.98 Å². The van der Waals surface area contributed by atoms with E-state index in [-0.39, 0.29) is 0 Å². The highest BCUT2D eigenvalue weighted by molar-refractivity contribution is 7.98. The van der Waals surface area contributed by atoms with Crippen LogP contribution in [0.5, 0.6) is 0 Å². The summed E-state index contributed by atoms with van der Waals surface area (Å²) in [5.41, 5.74) is 8.08. The fourth-order valence-corrected chi connectivity index (χ4v) is 2.24. The zero-order chi connectivity index (χ0) is 11.2. The van der Waals surface area contributed by atoms with Crippen molar-refractivity contribution in [3.8, 4) is 0 Å². The maximum atomic E-state index is 5.61. The van der Waals surface area contributed by atoms with E-state index in [1.807, 2.05) is 24.4 Å². The number of rotatable bonds is 4. The molecule has 0 fully saturated rings. The van der Waals surface area contributed by atoms with Crippen LogP contribution in [-0.2, 0) is 12.3 Å². The maximum absolute atomic E-state index is 5.61. The van der Waals surface area contributed by atoms with Gasteiger partial charge < -0.3 is 5.73 Å². The molecule has 0 saturated heterocycles. The van der Waals surface area contributed by atoms with Gasteiger partial charge in [-0.05, 0) is 23.3 Å². The highest BCUT2D eigenvalue weighted by atomic mass is 32.2. The van der Waals surface area contributed by atoms with Gasteiger partial charge in [0.25, 0.3) is 0 Å². The Morgan fingerprint density at radius 2 is 1.94 bits per heavy atom. The molecule has 0 aliphatic rings. The third-order valence-corrected chi connectivity index (χ3v) is 3.27. The fourth-order valence-electron chi connectivity index (χ4n) is 1.44. The minimum Gasteiger partial charge on any atom is -0.326 e. The van der Waals surface area contributed by atoms with Crippen LogP contribution in [0.25, 0.3) is 0 Å². The Hall–Kier alpha value is -1.32. The summed E-state index contributed by atoms with van der Waals surface area (Å²) < 4.78 is 0. The number of hydrogen-bond donors (Lipinski definition) is 1. The lowest BCUT2D eigenvalue weighted by Crippen LogP contribution is -1.96. The van der Waals surface area contributed by atoms with E-state index in [2.05, 4.69) is 29.2 Å². The molecule has 3 heteroatoms. The average molecular weight is 230 g/mol. The second-order valence-electron chi connectivity index (χ2n) is 3.48. The number of aromatic nitrogens is 1. The molecule has 2 N–H and O–H groups in total. The Bertz CT molecular complexity index is 443. The molecule has 1 heterocycles. The minimum absolute atomic E-state index is 0.599. The van der Waals surface area contributed by atoms with Crippen molar-refractivity contribution in [3.63, 3.8) is 0 Å². The van der Waals surface area contributed by atoms with Crippen molar-refractivity contribution in [3.05, 3.63) is 59.8 Å². The Morgan fingerprint density at radius 3 is 2.69 bits per heavy atom. The first kappa shape index (κ1) is 11.2. The lowest BCUT2D eigenvalue weighted by atomic mass is 10.1. The van der Waals surface area contributed by atoms with Gasteiger partial charge in [-0.15, -0.1) is 11.8 Å². The predicted molar refractivity (Wildman–Crippen MR) is 68.1 cm³/mol. The number of pyridine rings is 1. The van der Waals surface area contributed by atoms with Crippen molar-refractivity contribution < 1.29 is 0 Å². The lowest BCUT2D eigenvalue weighted by Gasteiger charge is -2.03. The highest BCUT2D eigenvalue weighted by Gasteiger charge is 1.97. The second-order valence-corrected chi connectivity index (χ2v) is 4.48. The van der Waals surface area contributed by atoms with Crippen molar-refractivity contribution in [1.82, 2.24) is 4.98 Å². The van der Waals surface area contributed by atoms with Gasteiger partial charge in [-0.1, -0.05) is 30.3 Å². The smallest absolute Gasteiger partial charge is 0.0963 e. The molecule has 0 atom stereocenters. The third-order valence-electron chi connectivity index (χ3n) is 2.25. The van der Waals surface area contributed by atoms with Crippen LogP contribution in [0.3, 0.4) is 0 Å². The van der Waals surface area contributed by atoms with E-state index >= 15 is 0 Å². The Morgan fingerprint density at radius 1 is 1.06 bits per heavy atom. The highest BCUT2D eigenvalue weighted by Crippen LogP contribution is 2.20. The van der Waals surface area contributed by atoms with Crippen molar-refractivity contribution in [2.75, 3.05) is 0 Å². The molecule has 0 bridgehead atoms. The van der Waals surface area contributed by atoms with E-state index in [1.165, 1.54) is 11.1 Å². The standard InChI is InChI=1S/C13H14N2S/c14-9-11-4-3-5-12(8-11)10-16-13-6-1-2-7-15-13/h1-8H,9-10,14H2. The summed E-state index contributed by atoms with van der Waals surface area (Å²) in [4.78, 5) is 4.27. The van der Waals surface area contributed by atoms with E-state index in [4.69, 9.17) is 5.73 Å². The molecular weight excluding hydrogens is 216 g/mol. The van der Waals surface area contributed by atoms with Crippen LogP contribution in [0, 0.1) is 0 Å². The molecule has 0 aliphatic carbocycles. The summed E-state index contributed by atoms with van der Waals surface area (Å²) in [6.45, 7) is 0.599.